The zero-order valence-corrected chi connectivity index (χ0v) is 7.80. The van der Waals surface area contributed by atoms with Gasteiger partial charge in [0.25, 0.3) is 0 Å². The molecule has 0 aromatic heterocycles. The molecule has 0 saturated carbocycles. The average Bonchev–Trinajstić information content (AvgIpc) is 2.04. The summed E-state index contributed by atoms with van der Waals surface area (Å²) in [6.07, 6.45) is 0.550. The van der Waals surface area contributed by atoms with E-state index in [1.165, 1.54) is 0 Å². The minimum atomic E-state index is -0.429. The van der Waals surface area contributed by atoms with Crippen LogP contribution in [0.3, 0.4) is 0 Å². The summed E-state index contributed by atoms with van der Waals surface area (Å²) >= 11 is 4.75. The number of nitrogens with two attached hydrogens (primary N) is 2. The number of thiocarbonyl (C=S) groups is 1. The van der Waals surface area contributed by atoms with Gasteiger partial charge in [0.05, 0.1) is 4.99 Å². The van der Waals surface area contributed by atoms with Crippen molar-refractivity contribution in [1.29, 1.82) is 0 Å². The first-order valence-corrected chi connectivity index (χ1v) is 4.17. The third-order valence-electron chi connectivity index (χ3n) is 1.62. The molecule has 0 aliphatic carbocycles. The smallest absolute Gasteiger partial charge is 0.248 e. The van der Waals surface area contributed by atoms with Gasteiger partial charge in [-0.15, -0.1) is 0 Å². The summed E-state index contributed by atoms with van der Waals surface area (Å²) < 4.78 is 0. The van der Waals surface area contributed by atoms with Crippen LogP contribution in [0.15, 0.2) is 24.3 Å². The van der Waals surface area contributed by atoms with E-state index in [-0.39, 0.29) is 0 Å². The first-order valence-electron chi connectivity index (χ1n) is 3.76. The second-order valence-corrected chi connectivity index (χ2v) is 3.23. The van der Waals surface area contributed by atoms with Crippen molar-refractivity contribution in [2.45, 2.75) is 6.42 Å². The van der Waals surface area contributed by atoms with Crippen LogP contribution in [0, 0.1) is 0 Å². The molecule has 0 heterocycles. The van der Waals surface area contributed by atoms with E-state index in [1.807, 2.05) is 0 Å². The van der Waals surface area contributed by atoms with E-state index in [1.54, 1.807) is 24.3 Å². The van der Waals surface area contributed by atoms with Crippen molar-refractivity contribution in [3.8, 4) is 0 Å². The maximum atomic E-state index is 10.7. The lowest BCUT2D eigenvalue weighted by Crippen LogP contribution is -2.12. The molecule has 1 rings (SSSR count). The number of hydrogen-bond acceptors (Lipinski definition) is 2. The van der Waals surface area contributed by atoms with Crippen LogP contribution in [0.25, 0.3) is 0 Å². The summed E-state index contributed by atoms with van der Waals surface area (Å²) in [6, 6.07) is 6.91. The van der Waals surface area contributed by atoms with Crippen molar-refractivity contribution in [2.75, 3.05) is 0 Å². The van der Waals surface area contributed by atoms with Crippen LogP contribution >= 0.6 is 12.2 Å². The Kier molecular flexibility index (Phi) is 2.97. The SMILES string of the molecule is NC(=O)c1ccc(CC(N)=S)cc1. The topological polar surface area (TPSA) is 69.1 Å². The molecular formula is C9H10N2OS. The Morgan fingerprint density at radius 3 is 2.15 bits per heavy atom. The fraction of sp³-hybridized carbons (Fsp3) is 0.111. The summed E-state index contributed by atoms with van der Waals surface area (Å²) in [7, 11) is 0. The van der Waals surface area contributed by atoms with Crippen molar-refractivity contribution in [1.82, 2.24) is 0 Å². The molecule has 0 saturated heterocycles. The Morgan fingerprint density at radius 2 is 1.77 bits per heavy atom. The summed E-state index contributed by atoms with van der Waals surface area (Å²) in [6.45, 7) is 0. The molecule has 0 unspecified atom stereocenters. The molecule has 0 aliphatic heterocycles. The lowest BCUT2D eigenvalue weighted by molar-refractivity contribution is 0.100. The van der Waals surface area contributed by atoms with Crippen molar-refractivity contribution in [2.24, 2.45) is 11.5 Å². The van der Waals surface area contributed by atoms with Crippen LogP contribution in [-0.2, 0) is 6.42 Å². The normalized spacial score (nSPS) is 9.54. The molecule has 0 bridgehead atoms. The third-order valence-corrected chi connectivity index (χ3v) is 1.76. The molecule has 1 aromatic carbocycles. The highest BCUT2D eigenvalue weighted by Gasteiger charge is 1.99. The zero-order chi connectivity index (χ0) is 9.84. The second-order valence-electron chi connectivity index (χ2n) is 2.70. The average molecular weight is 194 g/mol. The largest absolute Gasteiger partial charge is 0.393 e. The van der Waals surface area contributed by atoms with Gasteiger partial charge in [0.15, 0.2) is 0 Å². The van der Waals surface area contributed by atoms with E-state index >= 15 is 0 Å². The number of rotatable bonds is 3. The van der Waals surface area contributed by atoms with Gasteiger partial charge in [0.2, 0.25) is 5.91 Å². The van der Waals surface area contributed by atoms with E-state index in [0.29, 0.717) is 17.0 Å². The number of carbonyl (C=O) groups is 1. The molecule has 3 nitrogen and oxygen atoms in total. The van der Waals surface area contributed by atoms with Crippen molar-refractivity contribution in [3.05, 3.63) is 35.4 Å². The first-order chi connectivity index (χ1) is 6.09. The maximum Gasteiger partial charge on any atom is 0.248 e. The van der Waals surface area contributed by atoms with E-state index in [9.17, 15) is 4.79 Å². The number of hydrogen-bond donors (Lipinski definition) is 2. The third kappa shape index (κ3) is 2.83. The minimum Gasteiger partial charge on any atom is -0.393 e. The number of amides is 1. The summed E-state index contributed by atoms with van der Waals surface area (Å²) in [5.41, 5.74) is 11.9. The maximum absolute atomic E-state index is 10.7. The molecule has 1 aromatic rings. The van der Waals surface area contributed by atoms with Crippen LogP contribution in [-0.4, -0.2) is 10.9 Å². The summed E-state index contributed by atoms with van der Waals surface area (Å²) in [5, 5.41) is 0. The standard InChI is InChI=1S/C9H10N2OS/c10-8(13)5-6-1-3-7(4-2-6)9(11)12/h1-4H,5H2,(H2,10,13)(H2,11,12). The monoisotopic (exact) mass is 194 g/mol. The molecule has 0 aliphatic rings. The van der Waals surface area contributed by atoms with E-state index in [0.717, 1.165) is 5.56 Å². The number of primary amides is 1. The predicted molar refractivity (Wildman–Crippen MR) is 55.4 cm³/mol. The van der Waals surface area contributed by atoms with Crippen molar-refractivity contribution in [3.63, 3.8) is 0 Å². The molecule has 4 N–H and O–H groups in total. The molecule has 0 radical (unpaired) electrons. The molecular weight excluding hydrogens is 184 g/mol. The van der Waals surface area contributed by atoms with E-state index in [2.05, 4.69) is 0 Å². The van der Waals surface area contributed by atoms with Gasteiger partial charge < -0.3 is 11.5 Å². The number of benzene rings is 1. The van der Waals surface area contributed by atoms with Gasteiger partial charge in [-0.2, -0.15) is 0 Å². The minimum absolute atomic E-state index is 0.429. The predicted octanol–water partition coefficient (Wildman–Crippen LogP) is 0.614. The molecule has 4 heteroatoms. The summed E-state index contributed by atoms with van der Waals surface area (Å²) in [4.78, 5) is 11.1. The fourth-order valence-corrected chi connectivity index (χ4v) is 1.15. The van der Waals surface area contributed by atoms with Gasteiger partial charge >= 0.3 is 0 Å². The van der Waals surface area contributed by atoms with Gasteiger partial charge in [0, 0.05) is 12.0 Å². The van der Waals surface area contributed by atoms with Crippen LogP contribution < -0.4 is 11.5 Å². The van der Waals surface area contributed by atoms with Gasteiger partial charge in [-0.05, 0) is 17.7 Å². The van der Waals surface area contributed by atoms with Crippen LogP contribution in [0.4, 0.5) is 0 Å². The molecule has 0 fully saturated rings. The highest BCUT2D eigenvalue weighted by molar-refractivity contribution is 7.80. The van der Waals surface area contributed by atoms with Crippen LogP contribution in [0.2, 0.25) is 0 Å². The van der Waals surface area contributed by atoms with Gasteiger partial charge in [-0.3, -0.25) is 4.79 Å². The molecule has 0 atom stereocenters. The first kappa shape index (κ1) is 9.67. The lowest BCUT2D eigenvalue weighted by atomic mass is 10.1. The van der Waals surface area contributed by atoms with Gasteiger partial charge in [-0.25, -0.2) is 0 Å². The molecule has 13 heavy (non-hydrogen) atoms. The Morgan fingerprint density at radius 1 is 1.23 bits per heavy atom. The Bertz CT molecular complexity index is 332. The van der Waals surface area contributed by atoms with Crippen LogP contribution in [0.5, 0.6) is 0 Å². The summed E-state index contributed by atoms with van der Waals surface area (Å²) in [5.74, 6) is -0.429. The molecule has 1 amide bonds. The highest BCUT2D eigenvalue weighted by atomic mass is 32.1. The zero-order valence-electron chi connectivity index (χ0n) is 6.99. The quantitative estimate of drug-likeness (QED) is 0.693. The van der Waals surface area contributed by atoms with Gasteiger partial charge in [-0.1, -0.05) is 24.4 Å². The lowest BCUT2D eigenvalue weighted by Gasteiger charge is -1.99. The van der Waals surface area contributed by atoms with Crippen LogP contribution in [0.1, 0.15) is 15.9 Å². The van der Waals surface area contributed by atoms with Crippen molar-refractivity contribution < 1.29 is 4.79 Å². The Hall–Kier alpha value is -1.42. The van der Waals surface area contributed by atoms with Gasteiger partial charge in [0.1, 0.15) is 0 Å². The van der Waals surface area contributed by atoms with E-state index < -0.39 is 5.91 Å². The van der Waals surface area contributed by atoms with E-state index in [4.69, 9.17) is 23.7 Å². The fourth-order valence-electron chi connectivity index (χ4n) is 0.988. The highest BCUT2D eigenvalue weighted by Crippen LogP contribution is 2.04. The second kappa shape index (κ2) is 4.00. The molecule has 0 spiro atoms. The number of carbonyl (C=O) groups excluding carboxylic acids is 1. The molecule has 68 valence electrons. The van der Waals surface area contributed by atoms with Crippen molar-refractivity contribution >= 4 is 23.1 Å². The Labute approximate surface area is 81.7 Å². The Balaban J connectivity index is 2.81.